The van der Waals surface area contributed by atoms with Gasteiger partial charge in [-0.15, -0.1) is 0 Å². The molecular weight excluding hydrogens is 226 g/mol. The predicted octanol–water partition coefficient (Wildman–Crippen LogP) is 2.88. The lowest BCUT2D eigenvalue weighted by Gasteiger charge is -2.30. The highest BCUT2D eigenvalue weighted by molar-refractivity contribution is 5.15. The highest BCUT2D eigenvalue weighted by atomic mass is 16.4. The molecule has 1 aromatic heterocycles. The third-order valence-electron chi connectivity index (χ3n) is 3.09. The van der Waals surface area contributed by atoms with Gasteiger partial charge in [0.15, 0.2) is 0 Å². The van der Waals surface area contributed by atoms with Crippen molar-refractivity contribution >= 4 is 0 Å². The monoisotopic (exact) mass is 245 g/mol. The smallest absolute Gasteiger partial charge is 0.134 e. The molecule has 2 N–H and O–H groups in total. The number of aliphatic hydroxyl groups excluding tert-OH is 1. The van der Waals surface area contributed by atoms with Gasteiger partial charge >= 0.3 is 0 Å². The zero-order valence-corrected chi connectivity index (χ0v) is 10.8. The maximum Gasteiger partial charge on any atom is 0.134 e. The van der Waals surface area contributed by atoms with Gasteiger partial charge in [-0.25, -0.2) is 0 Å². The van der Waals surface area contributed by atoms with Gasteiger partial charge in [0, 0.05) is 12.1 Å². The summed E-state index contributed by atoms with van der Waals surface area (Å²) < 4.78 is 5.24. The van der Waals surface area contributed by atoms with Crippen LogP contribution < -0.4 is 5.32 Å². The third-order valence-corrected chi connectivity index (χ3v) is 3.09. The lowest BCUT2D eigenvalue weighted by atomic mass is 9.95. The predicted molar refractivity (Wildman–Crippen MR) is 71.0 cm³/mol. The quantitative estimate of drug-likeness (QED) is 0.851. The average molecular weight is 245 g/mol. The summed E-state index contributed by atoms with van der Waals surface area (Å²) in [6, 6.07) is 13.7. The van der Waals surface area contributed by atoms with Crippen LogP contribution in [0.25, 0.3) is 0 Å². The first-order valence-electron chi connectivity index (χ1n) is 6.10. The number of benzene rings is 1. The Hall–Kier alpha value is -1.58. The van der Waals surface area contributed by atoms with Crippen molar-refractivity contribution in [1.82, 2.24) is 5.32 Å². The van der Waals surface area contributed by atoms with Crippen molar-refractivity contribution in [2.75, 3.05) is 0 Å². The lowest BCUT2D eigenvalue weighted by Crippen LogP contribution is -2.44. The molecule has 2 aromatic rings. The minimum Gasteiger partial charge on any atom is -0.467 e. The van der Waals surface area contributed by atoms with Crippen molar-refractivity contribution < 1.29 is 9.52 Å². The molecule has 0 aliphatic carbocycles. The number of rotatable bonds is 5. The second-order valence-corrected chi connectivity index (χ2v) is 4.98. The summed E-state index contributed by atoms with van der Waals surface area (Å²) in [6.45, 7) is 4.64. The fraction of sp³-hybridized carbons (Fsp3) is 0.333. The lowest BCUT2D eigenvalue weighted by molar-refractivity contribution is 0.0598. The molecule has 3 heteroatoms. The van der Waals surface area contributed by atoms with Crippen molar-refractivity contribution in [1.29, 1.82) is 0 Å². The first-order chi connectivity index (χ1) is 8.59. The fourth-order valence-electron chi connectivity index (χ4n) is 1.82. The highest BCUT2D eigenvalue weighted by Gasteiger charge is 2.30. The summed E-state index contributed by atoms with van der Waals surface area (Å²) in [6.07, 6.45) is 0.905. The topological polar surface area (TPSA) is 45.4 Å². The normalized spacial score (nSPS) is 13.5. The molecule has 0 amide bonds. The number of hydrogen-bond acceptors (Lipinski definition) is 3. The number of hydrogen-bond donors (Lipinski definition) is 2. The van der Waals surface area contributed by atoms with Gasteiger partial charge in [0.25, 0.3) is 0 Å². The molecule has 1 heterocycles. The van der Waals surface area contributed by atoms with Gasteiger partial charge in [0.05, 0.1) is 6.26 Å². The molecule has 0 spiro atoms. The molecule has 2 rings (SSSR count). The Bertz CT molecular complexity index is 463. The molecule has 0 bridgehead atoms. The zero-order chi connectivity index (χ0) is 13.0. The minimum atomic E-state index is -0.670. The summed E-state index contributed by atoms with van der Waals surface area (Å²) in [4.78, 5) is 0. The van der Waals surface area contributed by atoms with Crippen LogP contribution in [0.15, 0.2) is 53.1 Å². The average Bonchev–Trinajstić information content (AvgIpc) is 2.90. The Morgan fingerprint density at radius 3 is 2.50 bits per heavy atom. The van der Waals surface area contributed by atoms with Crippen LogP contribution in [0.4, 0.5) is 0 Å². The summed E-state index contributed by atoms with van der Waals surface area (Å²) in [5.74, 6) is 0.584. The first kappa shape index (κ1) is 12.9. The van der Waals surface area contributed by atoms with Crippen molar-refractivity contribution in [3.05, 3.63) is 60.1 Å². The van der Waals surface area contributed by atoms with Gasteiger partial charge in [-0.3, -0.25) is 0 Å². The van der Waals surface area contributed by atoms with E-state index in [-0.39, 0.29) is 0 Å². The van der Waals surface area contributed by atoms with Gasteiger partial charge in [-0.2, -0.15) is 0 Å². The van der Waals surface area contributed by atoms with Gasteiger partial charge in [-0.1, -0.05) is 30.3 Å². The van der Waals surface area contributed by atoms with E-state index < -0.39 is 11.6 Å². The highest BCUT2D eigenvalue weighted by Crippen LogP contribution is 2.25. The molecule has 0 saturated carbocycles. The minimum absolute atomic E-state index is 0.451. The molecule has 0 saturated heterocycles. The maximum absolute atomic E-state index is 10.3. The zero-order valence-electron chi connectivity index (χ0n) is 10.8. The van der Waals surface area contributed by atoms with E-state index in [1.54, 1.807) is 18.4 Å². The van der Waals surface area contributed by atoms with Crippen molar-refractivity contribution in [3.8, 4) is 0 Å². The van der Waals surface area contributed by atoms with Gasteiger partial charge in [0.2, 0.25) is 0 Å². The molecule has 3 nitrogen and oxygen atoms in total. The standard InChI is InChI=1S/C15H19NO2/c1-15(2,14(17)13-9-6-10-18-13)16-11-12-7-4-3-5-8-12/h3-10,14,16-17H,11H2,1-2H3. The van der Waals surface area contributed by atoms with E-state index in [0.717, 1.165) is 0 Å². The summed E-state index contributed by atoms with van der Waals surface area (Å²) in [7, 11) is 0. The first-order valence-corrected chi connectivity index (χ1v) is 6.10. The van der Waals surface area contributed by atoms with Gasteiger partial charge < -0.3 is 14.8 Å². The van der Waals surface area contributed by atoms with E-state index in [1.807, 2.05) is 32.0 Å². The van der Waals surface area contributed by atoms with Crippen molar-refractivity contribution in [3.63, 3.8) is 0 Å². The van der Waals surface area contributed by atoms with Crippen LogP contribution in [0.2, 0.25) is 0 Å². The van der Waals surface area contributed by atoms with E-state index in [2.05, 4.69) is 17.4 Å². The second kappa shape index (κ2) is 5.38. The Labute approximate surface area is 107 Å². The molecule has 0 radical (unpaired) electrons. The molecule has 0 aliphatic rings. The Balaban J connectivity index is 1.99. The van der Waals surface area contributed by atoms with Crippen LogP contribution in [0.3, 0.4) is 0 Å². The van der Waals surface area contributed by atoms with E-state index in [0.29, 0.717) is 12.3 Å². The van der Waals surface area contributed by atoms with E-state index in [9.17, 15) is 5.11 Å². The fourth-order valence-corrected chi connectivity index (χ4v) is 1.82. The molecule has 1 aromatic carbocycles. The maximum atomic E-state index is 10.3. The second-order valence-electron chi connectivity index (χ2n) is 4.98. The Morgan fingerprint density at radius 2 is 1.89 bits per heavy atom. The Morgan fingerprint density at radius 1 is 1.17 bits per heavy atom. The van der Waals surface area contributed by atoms with Gasteiger partial charge in [0.1, 0.15) is 11.9 Å². The van der Waals surface area contributed by atoms with Crippen LogP contribution in [-0.4, -0.2) is 10.6 Å². The number of furan rings is 1. The SMILES string of the molecule is CC(C)(NCc1ccccc1)C(O)c1ccco1. The van der Waals surface area contributed by atoms with Crippen LogP contribution in [0, 0.1) is 0 Å². The third kappa shape index (κ3) is 3.00. The van der Waals surface area contributed by atoms with E-state index >= 15 is 0 Å². The van der Waals surface area contributed by atoms with Crippen molar-refractivity contribution in [2.45, 2.75) is 32.0 Å². The van der Waals surface area contributed by atoms with Crippen molar-refractivity contribution in [2.24, 2.45) is 0 Å². The van der Waals surface area contributed by atoms with Crippen LogP contribution in [0.1, 0.15) is 31.3 Å². The largest absolute Gasteiger partial charge is 0.467 e. The summed E-state index contributed by atoms with van der Waals surface area (Å²) in [5, 5.41) is 13.6. The number of aliphatic hydroxyl groups is 1. The molecule has 18 heavy (non-hydrogen) atoms. The molecule has 1 unspecified atom stereocenters. The van der Waals surface area contributed by atoms with Crippen LogP contribution in [0.5, 0.6) is 0 Å². The molecule has 96 valence electrons. The van der Waals surface area contributed by atoms with E-state index in [4.69, 9.17) is 4.42 Å². The molecule has 1 atom stereocenters. The molecular formula is C15H19NO2. The molecule has 0 fully saturated rings. The van der Waals surface area contributed by atoms with E-state index in [1.165, 1.54) is 5.56 Å². The summed E-state index contributed by atoms with van der Waals surface area (Å²) >= 11 is 0. The van der Waals surface area contributed by atoms with Crippen LogP contribution >= 0.6 is 0 Å². The summed E-state index contributed by atoms with van der Waals surface area (Å²) in [5.41, 5.74) is 0.741. The molecule has 0 aliphatic heterocycles. The van der Waals surface area contributed by atoms with Gasteiger partial charge in [-0.05, 0) is 31.5 Å². The number of nitrogens with one attached hydrogen (secondary N) is 1. The Kier molecular flexibility index (Phi) is 3.84. The van der Waals surface area contributed by atoms with Crippen LogP contribution in [-0.2, 0) is 6.54 Å².